The Hall–Kier alpha value is -8.25. The second-order valence-corrected chi connectivity index (χ2v) is 25.5. The van der Waals surface area contributed by atoms with Crippen molar-refractivity contribution in [3.8, 4) is 24.3 Å². The van der Waals surface area contributed by atoms with Gasteiger partial charge in [-0.25, -0.2) is 43.2 Å². The van der Waals surface area contributed by atoms with Gasteiger partial charge in [-0.1, -0.05) is 0 Å². The second kappa shape index (κ2) is 31.3. The Labute approximate surface area is 548 Å². The third-order valence-corrected chi connectivity index (χ3v) is 18.0. The molecule has 0 aromatic carbocycles. The molecule has 4 aliphatic rings. The molecule has 45 nitrogen and oxygen atoms in total. The number of hydrogen-bond donors (Lipinski definition) is 10. The molecule has 3 unspecified atom stereocenters. The molecule has 6 aromatic heterocycles. The smallest absolute Gasteiger partial charge is 0.394 e. The van der Waals surface area contributed by atoms with Crippen molar-refractivity contribution in [2.45, 2.75) is 124 Å². The number of ether oxygens (including phenoxy) is 8. The fourth-order valence-electron chi connectivity index (χ4n) is 10.8. The first-order valence-electron chi connectivity index (χ1n) is 29.0. The van der Waals surface area contributed by atoms with E-state index in [0.29, 0.717) is 0 Å². The second-order valence-electron chi connectivity index (χ2n) is 21.3. The Bertz CT molecular complexity index is 4420. The number of hydrogen-bond acceptors (Lipinski definition) is 36. The molecule has 98 heavy (non-hydrogen) atoms. The standard InChI is InChI=1S/C50H60N19O26P3/c51-7-1-13-82-36-32(72)25(90-44(36)67-12-6-29(71)63-50(67)75)18-86-96(76,77)94-34-26(91-45(38(34)84-15-3-9-53)66-11-5-28(55)62-49(66)74)19-88-98(80,81)95-35-27(92-46(39(35)85-16-4-10-54)68-22-60-30-40(56)58-21-59-41(30)68)20-87-97(78,79)93-33-24(17-70)89-47(37(33)83-14-2-8-52)69-23-61-31-42(69)64-48(57)65-43(31)73/h5-6,11-12,21-27,32-39,44-47,70,72H,1-4,13-20H2,(H,76,77)(H,78,79)(H,80,81)(H2,55,62,74)(H2,56,58,59)(H,63,71,75)(H3,57,64,65,73)/t24-,25-,26-,27-,32-,33-,34-,35-,36-,37-,38-,39-,44-,45-,46-,47-/m1/s1. The van der Waals surface area contributed by atoms with Crippen LogP contribution in [0.3, 0.4) is 0 Å². The summed E-state index contributed by atoms with van der Waals surface area (Å²) in [7, 11) is -17.0. The number of nitrogens with two attached hydrogens (primary N) is 3. The van der Waals surface area contributed by atoms with E-state index in [1.54, 1.807) is 0 Å². The maximum absolute atomic E-state index is 14.7. The molecule has 13 N–H and O–H groups in total. The molecule has 0 bridgehead atoms. The number of aromatic amines is 2. The minimum Gasteiger partial charge on any atom is -0.394 e. The summed E-state index contributed by atoms with van der Waals surface area (Å²) < 4.78 is 129. The molecular formula is C50H60N19O26P3. The van der Waals surface area contributed by atoms with E-state index >= 15 is 0 Å². The summed E-state index contributed by atoms with van der Waals surface area (Å²) in [6.45, 7) is -5.95. The van der Waals surface area contributed by atoms with Gasteiger partial charge >= 0.3 is 34.8 Å². The predicted octanol–water partition coefficient (Wildman–Crippen LogP) is -2.84. The largest absolute Gasteiger partial charge is 0.472 e. The summed E-state index contributed by atoms with van der Waals surface area (Å²) >= 11 is 0. The van der Waals surface area contributed by atoms with Crippen molar-refractivity contribution in [3.63, 3.8) is 0 Å². The van der Waals surface area contributed by atoms with E-state index in [2.05, 4.69) is 34.9 Å². The molecule has 0 aliphatic carbocycles. The SMILES string of the molecule is N#CCCO[C@@H]1[C@H](O)[C@@H](COP(=O)(O)O[C@H]2[C@@H](OCCC#N)[C@H](n3ccc(N)nc3=O)O[C@@H]2COP(=O)(O)O[C@H]2[C@@H](OCCC#N)[C@H](n3cnc4c(N)ncnc43)O[C@@H]2COP(=O)(O)O[C@H]2[C@@H](OCCC#N)[C@H](n3cnc4c(=O)[nH]c(N)nc43)O[C@@H]2CO)O[C@H]1n1ccc(=O)[nH]c1=O. The molecule has 6 aromatic rings. The molecule has 4 aliphatic heterocycles. The number of anilines is 3. The maximum atomic E-state index is 14.7. The number of nitrogens with zero attached hydrogens (tertiary/aromatic N) is 14. The molecule has 0 radical (unpaired) electrons. The molecule has 4 fully saturated rings. The minimum atomic E-state index is -5.80. The molecule has 48 heteroatoms. The fourth-order valence-corrected chi connectivity index (χ4v) is 13.7. The highest BCUT2D eigenvalue weighted by Crippen LogP contribution is 2.55. The van der Waals surface area contributed by atoms with Crippen LogP contribution in [0.5, 0.6) is 0 Å². The number of phosphoric ester groups is 3. The van der Waals surface area contributed by atoms with E-state index in [9.17, 15) is 73.6 Å². The van der Waals surface area contributed by atoms with Gasteiger partial charge in [-0.3, -0.25) is 65.0 Å². The Morgan fingerprint density at radius 3 is 1.50 bits per heavy atom. The number of aliphatic hydroxyl groups excluding tert-OH is 2. The van der Waals surface area contributed by atoms with Crippen molar-refractivity contribution in [1.82, 2.24) is 58.1 Å². The number of imidazole rings is 2. The highest BCUT2D eigenvalue weighted by molar-refractivity contribution is 7.48. The topological polar surface area (TPSA) is 652 Å². The molecule has 0 spiro atoms. The predicted molar refractivity (Wildman–Crippen MR) is 317 cm³/mol. The fraction of sp³-hybridized carbons (Fsp3) is 0.560. The number of phosphoric acid groups is 3. The van der Waals surface area contributed by atoms with Crippen molar-refractivity contribution < 1.29 is 104 Å². The van der Waals surface area contributed by atoms with Crippen LogP contribution in [0.1, 0.15) is 50.6 Å². The molecule has 10 heterocycles. The van der Waals surface area contributed by atoms with E-state index in [1.165, 1.54) is 9.13 Å². The zero-order valence-electron chi connectivity index (χ0n) is 50.4. The van der Waals surface area contributed by atoms with Crippen molar-refractivity contribution in [1.29, 1.82) is 21.0 Å². The van der Waals surface area contributed by atoms with Crippen LogP contribution >= 0.6 is 23.5 Å². The van der Waals surface area contributed by atoms with Crippen molar-refractivity contribution >= 4 is 63.4 Å². The lowest BCUT2D eigenvalue weighted by atomic mass is 10.1. The van der Waals surface area contributed by atoms with Crippen LogP contribution in [0.15, 0.2) is 62.7 Å². The molecule has 526 valence electrons. The Morgan fingerprint density at radius 1 is 0.541 bits per heavy atom. The van der Waals surface area contributed by atoms with Crippen LogP contribution in [0, 0.1) is 45.3 Å². The maximum Gasteiger partial charge on any atom is 0.472 e. The zero-order chi connectivity index (χ0) is 70.2. The highest BCUT2D eigenvalue weighted by Gasteiger charge is 2.56. The third-order valence-electron chi connectivity index (χ3n) is 15.1. The third kappa shape index (κ3) is 16.4. The summed E-state index contributed by atoms with van der Waals surface area (Å²) in [5, 5.41) is 59.6. The average Bonchev–Trinajstić information content (AvgIpc) is 1.56. The Balaban J connectivity index is 0.933. The van der Waals surface area contributed by atoms with Gasteiger partial charge < -0.3 is 80.0 Å². The van der Waals surface area contributed by atoms with Crippen molar-refractivity contribution in [2.24, 2.45) is 0 Å². The molecule has 4 saturated heterocycles. The van der Waals surface area contributed by atoms with Gasteiger partial charge in [0.1, 0.15) is 90.9 Å². The van der Waals surface area contributed by atoms with E-state index in [4.69, 9.17) is 87.5 Å². The van der Waals surface area contributed by atoms with Gasteiger partial charge in [-0.05, 0) is 6.07 Å². The van der Waals surface area contributed by atoms with Crippen LogP contribution < -0.4 is 39.7 Å². The summed E-state index contributed by atoms with van der Waals surface area (Å²) in [5.74, 6) is -0.739. The van der Waals surface area contributed by atoms with Gasteiger partial charge in [0.2, 0.25) is 5.95 Å². The highest BCUT2D eigenvalue weighted by atomic mass is 31.2. The van der Waals surface area contributed by atoms with Gasteiger partial charge in [0.25, 0.3) is 11.1 Å². The number of fused-ring (bicyclic) bond motifs is 2. The van der Waals surface area contributed by atoms with Crippen LogP contribution in [0.4, 0.5) is 17.6 Å². The average molecular weight is 1440 g/mol. The van der Waals surface area contributed by atoms with Crippen LogP contribution in [-0.2, 0) is 78.7 Å². The zero-order valence-corrected chi connectivity index (χ0v) is 53.1. The van der Waals surface area contributed by atoms with E-state index in [-0.39, 0.29) is 78.8 Å². The van der Waals surface area contributed by atoms with Gasteiger partial charge in [-0.15, -0.1) is 0 Å². The molecular weight excluding hydrogens is 1380 g/mol. The van der Waals surface area contributed by atoms with Gasteiger partial charge in [-0.2, -0.15) is 31.0 Å². The lowest BCUT2D eigenvalue weighted by molar-refractivity contribution is -0.0766. The monoisotopic (exact) mass is 1440 g/mol. The number of H-pyrrole nitrogens is 2. The normalized spacial score (nSPS) is 28.8. The minimum absolute atomic E-state index is 0.00639. The number of aromatic nitrogens is 12. The number of nitriles is 4. The summed E-state index contributed by atoms with van der Waals surface area (Å²) in [4.78, 5) is 114. The molecule has 19 atom stereocenters. The molecule has 0 amide bonds. The van der Waals surface area contributed by atoms with Crippen molar-refractivity contribution in [2.75, 3.05) is 70.1 Å². The summed E-state index contributed by atoms with van der Waals surface area (Å²) in [6, 6.07) is 9.52. The van der Waals surface area contributed by atoms with Gasteiger partial charge in [0, 0.05) is 18.5 Å². The number of aliphatic hydroxyl groups is 2. The summed E-state index contributed by atoms with van der Waals surface area (Å²) in [6.07, 6.45) is -23.2. The van der Waals surface area contributed by atoms with Gasteiger partial charge in [0.15, 0.2) is 47.5 Å². The number of nitrogens with one attached hydrogen (secondary N) is 2. The lowest BCUT2D eigenvalue weighted by Crippen LogP contribution is -2.40. The van der Waals surface area contributed by atoms with E-state index < -0.39 is 184 Å². The molecule has 0 saturated carbocycles. The first-order chi connectivity index (χ1) is 46.9. The van der Waals surface area contributed by atoms with E-state index in [1.807, 2.05) is 29.3 Å². The van der Waals surface area contributed by atoms with Crippen LogP contribution in [0.2, 0.25) is 0 Å². The Morgan fingerprint density at radius 2 is 0.990 bits per heavy atom. The Kier molecular flexibility index (Phi) is 23.2. The van der Waals surface area contributed by atoms with E-state index in [0.717, 1.165) is 52.6 Å². The van der Waals surface area contributed by atoms with Gasteiger partial charge in [0.05, 0.1) is 115 Å². The summed E-state index contributed by atoms with van der Waals surface area (Å²) in [5.41, 5.74) is 13.6. The van der Waals surface area contributed by atoms with Crippen LogP contribution in [0.25, 0.3) is 22.3 Å². The van der Waals surface area contributed by atoms with Crippen molar-refractivity contribution in [3.05, 3.63) is 85.2 Å². The van der Waals surface area contributed by atoms with Crippen LogP contribution in [-0.4, -0.2) is 209 Å². The first-order valence-corrected chi connectivity index (χ1v) is 33.5. The molecule has 10 rings (SSSR count). The number of nitrogen functional groups attached to an aromatic ring is 3. The number of rotatable bonds is 32. The lowest BCUT2D eigenvalue weighted by Gasteiger charge is -2.28. The first kappa shape index (κ1) is 72.5. The quantitative estimate of drug-likeness (QED) is 0.0150.